The van der Waals surface area contributed by atoms with Crippen molar-refractivity contribution in [1.29, 1.82) is 0 Å². The minimum atomic E-state index is -0.231. The molecule has 1 saturated carbocycles. The molecule has 3 amide bonds. The number of nitrogens with zero attached hydrogens (tertiary/aromatic N) is 2. The number of amides is 3. The van der Waals surface area contributed by atoms with E-state index in [1.807, 2.05) is 23.1 Å². The van der Waals surface area contributed by atoms with Gasteiger partial charge in [0.2, 0.25) is 5.91 Å². The van der Waals surface area contributed by atoms with Crippen LogP contribution in [-0.2, 0) is 11.2 Å². The Labute approximate surface area is 161 Å². The van der Waals surface area contributed by atoms with E-state index in [0.29, 0.717) is 31.8 Å². The van der Waals surface area contributed by atoms with Crippen molar-refractivity contribution in [3.8, 4) is 0 Å². The van der Waals surface area contributed by atoms with Crippen molar-refractivity contribution in [3.05, 3.63) is 35.9 Å². The van der Waals surface area contributed by atoms with Crippen molar-refractivity contribution in [3.63, 3.8) is 0 Å². The molecule has 1 aliphatic heterocycles. The molecule has 0 unspecified atom stereocenters. The normalized spacial score (nSPS) is 24.0. The van der Waals surface area contributed by atoms with Crippen molar-refractivity contribution < 1.29 is 14.7 Å². The van der Waals surface area contributed by atoms with Gasteiger partial charge >= 0.3 is 6.03 Å². The smallest absolute Gasteiger partial charge is 0.319 e. The predicted octanol–water partition coefficient (Wildman–Crippen LogP) is 1.88. The Kier molecular flexibility index (Phi) is 6.37. The Hall–Kier alpha value is -2.08. The van der Waals surface area contributed by atoms with Gasteiger partial charge in [0.25, 0.3) is 0 Å². The fourth-order valence-electron chi connectivity index (χ4n) is 4.08. The van der Waals surface area contributed by atoms with Crippen LogP contribution in [-0.4, -0.2) is 66.2 Å². The van der Waals surface area contributed by atoms with Gasteiger partial charge < -0.3 is 20.2 Å². The first-order chi connectivity index (χ1) is 12.9. The lowest BCUT2D eigenvalue weighted by molar-refractivity contribution is -0.128. The van der Waals surface area contributed by atoms with Crippen LogP contribution in [0, 0.1) is 11.8 Å². The highest BCUT2D eigenvalue weighted by molar-refractivity contribution is 5.80. The molecule has 1 atom stereocenters. The van der Waals surface area contributed by atoms with Crippen molar-refractivity contribution in [2.45, 2.75) is 44.2 Å². The zero-order valence-electron chi connectivity index (χ0n) is 16.3. The van der Waals surface area contributed by atoms with Gasteiger partial charge in [0.1, 0.15) is 0 Å². The number of urea groups is 1. The molecule has 27 heavy (non-hydrogen) atoms. The predicted molar refractivity (Wildman–Crippen MR) is 104 cm³/mol. The minimum Gasteiger partial charge on any atom is -0.393 e. The second kappa shape index (κ2) is 8.74. The number of piperidine rings is 1. The van der Waals surface area contributed by atoms with E-state index in [9.17, 15) is 14.7 Å². The summed E-state index contributed by atoms with van der Waals surface area (Å²) in [5.41, 5.74) is 1.20. The lowest BCUT2D eigenvalue weighted by Crippen LogP contribution is -2.51. The zero-order chi connectivity index (χ0) is 19.4. The summed E-state index contributed by atoms with van der Waals surface area (Å²) in [7, 11) is 3.50. The Morgan fingerprint density at radius 1 is 1.19 bits per heavy atom. The van der Waals surface area contributed by atoms with E-state index in [4.69, 9.17) is 0 Å². The maximum absolute atomic E-state index is 12.8. The van der Waals surface area contributed by atoms with Gasteiger partial charge in [-0.25, -0.2) is 4.79 Å². The third kappa shape index (κ3) is 5.01. The second-order valence-electron chi connectivity index (χ2n) is 8.13. The highest BCUT2D eigenvalue weighted by Gasteiger charge is 2.36. The SMILES string of the molecule is CN(C)C(=O)N1CCC(C(=O)N[C@@H](Cc2ccccc2)C2CC(O)C2)CC1. The van der Waals surface area contributed by atoms with E-state index in [2.05, 4.69) is 17.4 Å². The minimum absolute atomic E-state index is 0.0132. The number of benzene rings is 1. The number of rotatable bonds is 5. The monoisotopic (exact) mass is 373 g/mol. The maximum Gasteiger partial charge on any atom is 0.319 e. The van der Waals surface area contributed by atoms with Crippen LogP contribution < -0.4 is 5.32 Å². The third-order valence-electron chi connectivity index (χ3n) is 5.86. The van der Waals surface area contributed by atoms with Gasteiger partial charge in [-0.1, -0.05) is 30.3 Å². The van der Waals surface area contributed by atoms with E-state index in [1.54, 1.807) is 19.0 Å². The Morgan fingerprint density at radius 2 is 1.81 bits per heavy atom. The van der Waals surface area contributed by atoms with Crippen LogP contribution in [0.2, 0.25) is 0 Å². The summed E-state index contributed by atoms with van der Waals surface area (Å²) in [4.78, 5) is 28.3. The molecule has 2 N–H and O–H groups in total. The fourth-order valence-corrected chi connectivity index (χ4v) is 4.08. The van der Waals surface area contributed by atoms with Gasteiger partial charge in [-0.3, -0.25) is 4.79 Å². The molecule has 1 aliphatic carbocycles. The molecule has 2 fully saturated rings. The van der Waals surface area contributed by atoms with Gasteiger partial charge in [-0.2, -0.15) is 0 Å². The lowest BCUT2D eigenvalue weighted by Gasteiger charge is -2.39. The third-order valence-corrected chi connectivity index (χ3v) is 5.86. The van der Waals surface area contributed by atoms with Crippen LogP contribution in [0.1, 0.15) is 31.2 Å². The summed E-state index contributed by atoms with van der Waals surface area (Å²) in [6, 6.07) is 10.3. The number of hydrogen-bond acceptors (Lipinski definition) is 3. The first kappa shape index (κ1) is 19.7. The highest BCUT2D eigenvalue weighted by Crippen LogP contribution is 2.32. The number of hydrogen-bond donors (Lipinski definition) is 2. The number of nitrogens with one attached hydrogen (secondary N) is 1. The molecule has 3 rings (SSSR count). The molecule has 6 heteroatoms. The Balaban J connectivity index is 1.56. The number of aliphatic hydroxyl groups excluding tert-OH is 1. The molecule has 1 saturated heterocycles. The molecule has 1 aromatic carbocycles. The number of carbonyl (C=O) groups is 2. The summed E-state index contributed by atoms with van der Waals surface area (Å²) >= 11 is 0. The molecule has 0 aromatic heterocycles. The van der Waals surface area contributed by atoms with E-state index in [0.717, 1.165) is 19.3 Å². The number of carbonyl (C=O) groups excluding carboxylic acids is 2. The maximum atomic E-state index is 12.8. The van der Waals surface area contributed by atoms with Crippen LogP contribution in [0.25, 0.3) is 0 Å². The quantitative estimate of drug-likeness (QED) is 0.828. The first-order valence-corrected chi connectivity index (χ1v) is 9.92. The van der Waals surface area contributed by atoms with Gasteiger partial charge in [-0.05, 0) is 43.6 Å². The van der Waals surface area contributed by atoms with Crippen molar-refractivity contribution in [1.82, 2.24) is 15.1 Å². The van der Waals surface area contributed by atoms with Crippen molar-refractivity contribution in [2.24, 2.45) is 11.8 Å². The van der Waals surface area contributed by atoms with Gasteiger partial charge in [0, 0.05) is 39.1 Å². The van der Waals surface area contributed by atoms with E-state index in [1.165, 1.54) is 5.56 Å². The Bertz CT molecular complexity index is 635. The molecule has 2 aliphatic rings. The lowest BCUT2D eigenvalue weighted by atomic mass is 9.75. The van der Waals surface area contributed by atoms with E-state index >= 15 is 0 Å². The topological polar surface area (TPSA) is 72.9 Å². The van der Waals surface area contributed by atoms with E-state index in [-0.39, 0.29) is 30.0 Å². The van der Waals surface area contributed by atoms with Crippen LogP contribution in [0.5, 0.6) is 0 Å². The number of likely N-dealkylation sites (tertiary alicyclic amines) is 1. The van der Waals surface area contributed by atoms with Crippen molar-refractivity contribution >= 4 is 11.9 Å². The number of aliphatic hydroxyl groups is 1. The summed E-state index contributed by atoms with van der Waals surface area (Å²) in [5, 5.41) is 12.9. The first-order valence-electron chi connectivity index (χ1n) is 9.92. The summed E-state index contributed by atoms with van der Waals surface area (Å²) in [5.74, 6) is 0.383. The van der Waals surface area contributed by atoms with Gasteiger partial charge in [0.15, 0.2) is 0 Å². The van der Waals surface area contributed by atoms with Crippen LogP contribution in [0.4, 0.5) is 4.79 Å². The zero-order valence-corrected chi connectivity index (χ0v) is 16.3. The molecule has 1 heterocycles. The standard InChI is InChI=1S/C21H31N3O3/c1-23(2)21(27)24-10-8-16(9-11-24)20(26)22-19(17-13-18(25)14-17)12-15-6-4-3-5-7-15/h3-7,16-19,25H,8-14H2,1-2H3,(H,22,26)/t17?,18?,19-/m0/s1. The summed E-state index contributed by atoms with van der Waals surface area (Å²) in [6.45, 7) is 1.25. The molecule has 1 aromatic rings. The molecule has 0 spiro atoms. The average molecular weight is 373 g/mol. The molecular formula is C21H31N3O3. The van der Waals surface area contributed by atoms with Gasteiger partial charge in [-0.15, -0.1) is 0 Å². The fraction of sp³-hybridized carbons (Fsp3) is 0.619. The summed E-state index contributed by atoms with van der Waals surface area (Å²) < 4.78 is 0. The van der Waals surface area contributed by atoms with Gasteiger partial charge in [0.05, 0.1) is 6.10 Å². The molecule has 148 valence electrons. The largest absolute Gasteiger partial charge is 0.393 e. The van der Waals surface area contributed by atoms with Crippen LogP contribution >= 0.6 is 0 Å². The van der Waals surface area contributed by atoms with Crippen LogP contribution in [0.15, 0.2) is 30.3 Å². The molecule has 0 bridgehead atoms. The second-order valence-corrected chi connectivity index (χ2v) is 8.13. The summed E-state index contributed by atoms with van der Waals surface area (Å²) in [6.07, 6.45) is 3.49. The molecule has 6 nitrogen and oxygen atoms in total. The molecular weight excluding hydrogens is 342 g/mol. The van der Waals surface area contributed by atoms with Crippen molar-refractivity contribution in [2.75, 3.05) is 27.2 Å². The average Bonchev–Trinajstić information content (AvgIpc) is 2.65. The van der Waals surface area contributed by atoms with E-state index < -0.39 is 0 Å². The molecule has 0 radical (unpaired) electrons. The van der Waals surface area contributed by atoms with Crippen LogP contribution in [0.3, 0.4) is 0 Å². The highest BCUT2D eigenvalue weighted by atomic mass is 16.3. The Morgan fingerprint density at radius 3 is 2.37 bits per heavy atom.